The van der Waals surface area contributed by atoms with E-state index in [0.717, 1.165) is 30.1 Å². The van der Waals surface area contributed by atoms with Crippen molar-refractivity contribution in [3.05, 3.63) is 35.7 Å². The summed E-state index contributed by atoms with van der Waals surface area (Å²) in [5.74, 6) is 1.71. The quantitative estimate of drug-likeness (QED) is 0.742. The van der Waals surface area contributed by atoms with Gasteiger partial charge < -0.3 is 9.64 Å². The van der Waals surface area contributed by atoms with Crippen LogP contribution in [0, 0.1) is 6.92 Å². The summed E-state index contributed by atoms with van der Waals surface area (Å²) >= 11 is 0. The maximum atomic E-state index is 12.3. The molecule has 2 aromatic rings. The summed E-state index contributed by atoms with van der Waals surface area (Å²) in [6.45, 7) is 11.3. The van der Waals surface area contributed by atoms with Crippen LogP contribution in [0.4, 0.5) is 4.79 Å². The van der Waals surface area contributed by atoms with Gasteiger partial charge in [-0.2, -0.15) is 5.10 Å². The number of likely N-dealkylation sites (tertiary alicyclic amines) is 1. The van der Waals surface area contributed by atoms with E-state index in [1.807, 2.05) is 27.7 Å². The minimum absolute atomic E-state index is 0.227. The molecule has 1 aromatic heterocycles. The molecule has 6 nitrogen and oxygen atoms in total. The number of benzene rings is 1. The Labute approximate surface area is 173 Å². The van der Waals surface area contributed by atoms with Crippen molar-refractivity contribution >= 4 is 6.09 Å². The Morgan fingerprint density at radius 2 is 1.76 bits per heavy atom. The lowest BCUT2D eigenvalue weighted by Gasteiger charge is -2.33. The van der Waals surface area contributed by atoms with Crippen LogP contribution in [0.25, 0.3) is 11.4 Å². The van der Waals surface area contributed by atoms with Gasteiger partial charge in [-0.15, -0.1) is 0 Å². The van der Waals surface area contributed by atoms with Crippen LogP contribution in [0.2, 0.25) is 0 Å². The number of rotatable bonds is 3. The highest BCUT2D eigenvalue weighted by Crippen LogP contribution is 2.47. The number of amides is 1. The number of ether oxygens (including phenoxy) is 1. The zero-order valence-electron chi connectivity index (χ0n) is 18.2. The first-order valence-electron chi connectivity index (χ1n) is 10.7. The SMILES string of the molecule is Cc1nc(-c2ccc(C3(C)CC3)cc2)n(C2CCN(C(=O)OC(C)(C)C)CC2)n1. The van der Waals surface area contributed by atoms with E-state index < -0.39 is 5.60 Å². The lowest BCUT2D eigenvalue weighted by Crippen LogP contribution is -2.42. The van der Waals surface area contributed by atoms with Crippen molar-refractivity contribution in [1.29, 1.82) is 0 Å². The molecule has 0 radical (unpaired) electrons. The molecule has 156 valence electrons. The average Bonchev–Trinajstić information content (AvgIpc) is 3.30. The lowest BCUT2D eigenvalue weighted by atomic mass is 9.97. The van der Waals surface area contributed by atoms with Crippen LogP contribution in [0.3, 0.4) is 0 Å². The Balaban J connectivity index is 1.47. The minimum atomic E-state index is -0.464. The topological polar surface area (TPSA) is 60.2 Å². The molecule has 1 amide bonds. The van der Waals surface area contributed by atoms with Crippen molar-refractivity contribution in [2.75, 3.05) is 13.1 Å². The molecule has 1 aromatic carbocycles. The highest BCUT2D eigenvalue weighted by Gasteiger charge is 2.38. The summed E-state index contributed by atoms with van der Waals surface area (Å²) in [7, 11) is 0. The first-order chi connectivity index (χ1) is 13.6. The van der Waals surface area contributed by atoms with E-state index in [2.05, 4.69) is 35.9 Å². The summed E-state index contributed by atoms with van der Waals surface area (Å²) in [5.41, 5.74) is 2.42. The zero-order chi connectivity index (χ0) is 20.8. The number of aromatic nitrogens is 3. The van der Waals surface area contributed by atoms with Crippen LogP contribution in [-0.4, -0.2) is 44.4 Å². The fourth-order valence-electron chi connectivity index (χ4n) is 4.00. The van der Waals surface area contributed by atoms with Gasteiger partial charge in [0.15, 0.2) is 5.82 Å². The molecule has 2 fully saturated rings. The van der Waals surface area contributed by atoms with Gasteiger partial charge in [-0.3, -0.25) is 0 Å². The summed E-state index contributed by atoms with van der Waals surface area (Å²) in [4.78, 5) is 18.9. The normalized spacial score (nSPS) is 19.3. The average molecular weight is 397 g/mol. The standard InChI is InChI=1S/C23H32N4O2/c1-16-24-20(17-6-8-18(9-7-17)23(5)12-13-23)27(25-16)19-10-14-26(15-11-19)21(28)29-22(2,3)4/h6-9,19H,10-15H2,1-5H3. The predicted octanol–water partition coefficient (Wildman–Crippen LogP) is 4.88. The first-order valence-corrected chi connectivity index (χ1v) is 10.7. The zero-order valence-corrected chi connectivity index (χ0v) is 18.2. The minimum Gasteiger partial charge on any atom is -0.444 e. The Hall–Kier alpha value is -2.37. The van der Waals surface area contributed by atoms with Gasteiger partial charge in [0.25, 0.3) is 0 Å². The second kappa shape index (κ2) is 7.15. The molecule has 0 atom stereocenters. The number of carbonyl (C=O) groups excluding carboxylic acids is 1. The fourth-order valence-corrected chi connectivity index (χ4v) is 4.00. The molecule has 2 heterocycles. The van der Waals surface area contributed by atoms with E-state index in [1.54, 1.807) is 4.90 Å². The smallest absolute Gasteiger partial charge is 0.410 e. The predicted molar refractivity (Wildman–Crippen MR) is 113 cm³/mol. The molecule has 6 heteroatoms. The fraction of sp³-hybridized carbons (Fsp3) is 0.609. The molecule has 1 aliphatic carbocycles. The van der Waals surface area contributed by atoms with E-state index in [4.69, 9.17) is 14.8 Å². The number of hydrogen-bond donors (Lipinski definition) is 0. The van der Waals surface area contributed by atoms with Gasteiger partial charge in [0.05, 0.1) is 6.04 Å². The molecule has 0 unspecified atom stereocenters. The Bertz CT molecular complexity index is 883. The molecule has 0 N–H and O–H groups in total. The molecule has 0 spiro atoms. The Morgan fingerprint density at radius 1 is 1.14 bits per heavy atom. The summed E-state index contributed by atoms with van der Waals surface area (Å²) in [6, 6.07) is 9.07. The molecular formula is C23H32N4O2. The highest BCUT2D eigenvalue weighted by atomic mass is 16.6. The molecule has 1 aliphatic heterocycles. The van der Waals surface area contributed by atoms with Crippen molar-refractivity contribution < 1.29 is 9.53 Å². The molecule has 4 rings (SSSR count). The van der Waals surface area contributed by atoms with Crippen LogP contribution >= 0.6 is 0 Å². The van der Waals surface area contributed by atoms with E-state index in [-0.39, 0.29) is 12.1 Å². The van der Waals surface area contributed by atoms with Gasteiger partial charge in [-0.1, -0.05) is 31.2 Å². The summed E-state index contributed by atoms with van der Waals surface area (Å²) in [5, 5.41) is 4.69. The number of carbonyl (C=O) groups is 1. The van der Waals surface area contributed by atoms with E-state index in [9.17, 15) is 4.79 Å². The largest absolute Gasteiger partial charge is 0.444 e. The van der Waals surface area contributed by atoms with Crippen molar-refractivity contribution in [3.8, 4) is 11.4 Å². The second-order valence-electron chi connectivity index (χ2n) is 9.76. The number of aryl methyl sites for hydroxylation is 1. The molecule has 2 aliphatic rings. The van der Waals surface area contributed by atoms with Crippen molar-refractivity contribution in [3.63, 3.8) is 0 Å². The third-order valence-corrected chi connectivity index (χ3v) is 6.04. The molecular weight excluding hydrogens is 364 g/mol. The number of piperidine rings is 1. The molecule has 1 saturated carbocycles. The second-order valence-corrected chi connectivity index (χ2v) is 9.76. The number of hydrogen-bond acceptors (Lipinski definition) is 4. The van der Waals surface area contributed by atoms with Crippen LogP contribution in [0.15, 0.2) is 24.3 Å². The monoisotopic (exact) mass is 396 g/mol. The van der Waals surface area contributed by atoms with E-state index in [0.29, 0.717) is 18.5 Å². The van der Waals surface area contributed by atoms with Crippen LogP contribution in [0.5, 0.6) is 0 Å². The van der Waals surface area contributed by atoms with Gasteiger partial charge in [-0.05, 0) is 64.4 Å². The van der Waals surface area contributed by atoms with Gasteiger partial charge in [0.2, 0.25) is 0 Å². The van der Waals surface area contributed by atoms with Gasteiger partial charge in [0.1, 0.15) is 11.4 Å². The summed E-state index contributed by atoms with van der Waals surface area (Å²) in [6.07, 6.45) is 4.03. The Kier molecular flexibility index (Phi) is 4.91. The van der Waals surface area contributed by atoms with Crippen LogP contribution in [-0.2, 0) is 10.2 Å². The third kappa shape index (κ3) is 4.31. The molecule has 0 bridgehead atoms. The van der Waals surface area contributed by atoms with Gasteiger partial charge >= 0.3 is 6.09 Å². The summed E-state index contributed by atoms with van der Waals surface area (Å²) < 4.78 is 7.58. The Morgan fingerprint density at radius 3 is 2.31 bits per heavy atom. The maximum absolute atomic E-state index is 12.3. The third-order valence-electron chi connectivity index (χ3n) is 6.04. The van der Waals surface area contributed by atoms with Gasteiger partial charge in [-0.25, -0.2) is 14.5 Å². The molecule has 1 saturated heterocycles. The van der Waals surface area contributed by atoms with Crippen molar-refractivity contribution in [1.82, 2.24) is 19.7 Å². The van der Waals surface area contributed by atoms with E-state index in [1.165, 1.54) is 18.4 Å². The number of nitrogens with zero attached hydrogens (tertiary/aromatic N) is 4. The van der Waals surface area contributed by atoms with Crippen LogP contribution < -0.4 is 0 Å². The van der Waals surface area contributed by atoms with Crippen LogP contribution in [0.1, 0.15) is 70.8 Å². The van der Waals surface area contributed by atoms with Crippen molar-refractivity contribution in [2.45, 2.75) is 77.4 Å². The maximum Gasteiger partial charge on any atom is 0.410 e. The first kappa shape index (κ1) is 19.9. The highest BCUT2D eigenvalue weighted by molar-refractivity contribution is 5.68. The van der Waals surface area contributed by atoms with E-state index >= 15 is 0 Å². The van der Waals surface area contributed by atoms with Crippen molar-refractivity contribution in [2.24, 2.45) is 0 Å². The lowest BCUT2D eigenvalue weighted by molar-refractivity contribution is 0.0185. The molecule has 29 heavy (non-hydrogen) atoms. The van der Waals surface area contributed by atoms with Gasteiger partial charge in [0, 0.05) is 18.7 Å².